The van der Waals surface area contributed by atoms with Crippen LogP contribution in [0.15, 0.2) is 35.5 Å². The number of benzene rings is 1. The molecule has 112 valence electrons. The third kappa shape index (κ3) is 3.35. The second-order valence-electron chi connectivity index (χ2n) is 4.05. The van der Waals surface area contributed by atoms with Gasteiger partial charge in [-0.15, -0.1) is 0 Å². The molecule has 0 unspecified atom stereocenters. The molecule has 0 amide bonds. The second-order valence-corrected chi connectivity index (χ2v) is 5.78. The molecular formula is C11H13N5O4S. The summed E-state index contributed by atoms with van der Waals surface area (Å²) in [4.78, 5) is 16.6. The van der Waals surface area contributed by atoms with Gasteiger partial charge in [-0.25, -0.2) is 18.1 Å². The van der Waals surface area contributed by atoms with Crippen molar-refractivity contribution in [3.05, 3.63) is 46.5 Å². The van der Waals surface area contributed by atoms with E-state index in [4.69, 9.17) is 0 Å². The highest BCUT2D eigenvalue weighted by Gasteiger charge is 2.22. The van der Waals surface area contributed by atoms with Crippen LogP contribution in [0.1, 0.15) is 5.82 Å². The van der Waals surface area contributed by atoms with Gasteiger partial charge in [0.25, 0.3) is 5.69 Å². The average Bonchev–Trinajstić information content (AvgIpc) is 2.98. The maximum Gasteiger partial charge on any atom is 0.270 e. The molecule has 0 spiro atoms. The highest BCUT2D eigenvalue weighted by atomic mass is 32.2. The first-order valence-electron chi connectivity index (χ1n) is 5.88. The molecule has 3 N–H and O–H groups in total. The Hall–Kier alpha value is -2.46. The Morgan fingerprint density at radius 3 is 2.76 bits per heavy atom. The number of aromatic amines is 1. The molecule has 0 aliphatic heterocycles. The number of hydrogen-bond donors (Lipinski definition) is 3. The molecule has 9 nitrogen and oxygen atoms in total. The summed E-state index contributed by atoms with van der Waals surface area (Å²) >= 11 is 0. The van der Waals surface area contributed by atoms with Crippen LogP contribution < -0.4 is 10.0 Å². The number of anilines is 1. The molecule has 1 aromatic carbocycles. The maximum absolute atomic E-state index is 12.3. The lowest BCUT2D eigenvalue weighted by atomic mass is 10.3. The van der Waals surface area contributed by atoms with Crippen molar-refractivity contribution in [3.63, 3.8) is 0 Å². The molecule has 0 radical (unpaired) electrons. The Labute approximate surface area is 120 Å². The van der Waals surface area contributed by atoms with E-state index in [0.717, 1.165) is 6.07 Å². The summed E-state index contributed by atoms with van der Waals surface area (Å²) in [6.07, 6.45) is 3.06. The summed E-state index contributed by atoms with van der Waals surface area (Å²) in [5.41, 5.74) is -0.0279. The van der Waals surface area contributed by atoms with E-state index in [0.29, 0.717) is 5.82 Å². The number of rotatable bonds is 6. The monoisotopic (exact) mass is 311 g/mol. The molecule has 10 heteroatoms. The average molecular weight is 311 g/mol. The number of imidazole rings is 1. The van der Waals surface area contributed by atoms with Gasteiger partial charge in [0.15, 0.2) is 0 Å². The van der Waals surface area contributed by atoms with Crippen molar-refractivity contribution in [2.75, 3.05) is 12.4 Å². The van der Waals surface area contributed by atoms with E-state index in [1.807, 2.05) is 0 Å². The number of aromatic nitrogens is 2. The molecule has 1 heterocycles. The number of non-ortho nitro benzene ring substituents is 1. The Morgan fingerprint density at radius 2 is 2.19 bits per heavy atom. The van der Waals surface area contributed by atoms with Crippen LogP contribution in [0.4, 0.5) is 11.4 Å². The number of sulfonamides is 1. The van der Waals surface area contributed by atoms with Crippen molar-refractivity contribution in [1.82, 2.24) is 14.7 Å². The molecule has 1 aromatic heterocycles. The predicted octanol–water partition coefficient (Wildman–Crippen LogP) is 0.838. The first-order valence-corrected chi connectivity index (χ1v) is 7.36. The van der Waals surface area contributed by atoms with E-state index in [1.54, 1.807) is 6.20 Å². The van der Waals surface area contributed by atoms with Crippen molar-refractivity contribution >= 4 is 21.4 Å². The summed E-state index contributed by atoms with van der Waals surface area (Å²) in [5, 5.41) is 13.5. The van der Waals surface area contributed by atoms with Gasteiger partial charge in [-0.1, -0.05) is 0 Å². The van der Waals surface area contributed by atoms with Gasteiger partial charge in [0, 0.05) is 31.6 Å². The Kier molecular flexibility index (Phi) is 4.19. The molecule has 0 saturated heterocycles. The van der Waals surface area contributed by atoms with Gasteiger partial charge in [-0.2, -0.15) is 0 Å². The van der Waals surface area contributed by atoms with Crippen LogP contribution in [-0.2, 0) is 16.6 Å². The fraction of sp³-hybridized carbons (Fsp3) is 0.182. The van der Waals surface area contributed by atoms with Crippen LogP contribution in [0.5, 0.6) is 0 Å². The topological polar surface area (TPSA) is 130 Å². The molecule has 21 heavy (non-hydrogen) atoms. The van der Waals surface area contributed by atoms with Crippen LogP contribution in [0, 0.1) is 10.1 Å². The van der Waals surface area contributed by atoms with Crippen molar-refractivity contribution < 1.29 is 13.3 Å². The smallest absolute Gasteiger partial charge is 0.270 e. The first kappa shape index (κ1) is 14.9. The minimum absolute atomic E-state index is 0.0405. The molecule has 2 aromatic rings. The van der Waals surface area contributed by atoms with Crippen molar-refractivity contribution in [3.8, 4) is 0 Å². The van der Waals surface area contributed by atoms with E-state index in [2.05, 4.69) is 20.0 Å². The van der Waals surface area contributed by atoms with Crippen LogP contribution in [-0.4, -0.2) is 30.4 Å². The van der Waals surface area contributed by atoms with E-state index < -0.39 is 14.9 Å². The maximum atomic E-state index is 12.3. The third-order valence-electron chi connectivity index (χ3n) is 2.72. The highest BCUT2D eigenvalue weighted by Crippen LogP contribution is 2.26. The van der Waals surface area contributed by atoms with E-state index in [1.165, 1.54) is 25.4 Å². The molecule has 0 fully saturated rings. The number of nitrogens with one attached hydrogen (secondary N) is 3. The molecular weight excluding hydrogens is 298 g/mol. The second kappa shape index (κ2) is 5.89. The zero-order valence-electron chi connectivity index (χ0n) is 11.0. The lowest BCUT2D eigenvalue weighted by Crippen LogP contribution is -2.24. The van der Waals surface area contributed by atoms with Gasteiger partial charge in [0.2, 0.25) is 10.0 Å². The molecule has 0 aliphatic rings. The van der Waals surface area contributed by atoms with Crippen LogP contribution in [0.2, 0.25) is 0 Å². The molecule has 0 bridgehead atoms. The number of hydrogen-bond acceptors (Lipinski definition) is 6. The SMILES string of the molecule is CNc1ccc([N+](=O)[O-])cc1S(=O)(=O)NCc1ncc[nH]1. The molecule has 0 saturated carbocycles. The largest absolute Gasteiger partial charge is 0.387 e. The summed E-state index contributed by atoms with van der Waals surface area (Å²) in [5.74, 6) is 0.440. The van der Waals surface area contributed by atoms with Crippen LogP contribution >= 0.6 is 0 Å². The first-order chi connectivity index (χ1) is 9.94. The van der Waals surface area contributed by atoms with Gasteiger partial charge >= 0.3 is 0 Å². The summed E-state index contributed by atoms with van der Waals surface area (Å²) < 4.78 is 26.9. The fourth-order valence-electron chi connectivity index (χ4n) is 1.69. The zero-order chi connectivity index (χ0) is 15.5. The molecule has 0 aliphatic carbocycles. The number of nitrogens with zero attached hydrogens (tertiary/aromatic N) is 2. The minimum Gasteiger partial charge on any atom is -0.387 e. The minimum atomic E-state index is -3.91. The van der Waals surface area contributed by atoms with Gasteiger partial charge in [0.1, 0.15) is 10.7 Å². The number of nitro groups is 1. The molecule has 0 atom stereocenters. The van der Waals surface area contributed by atoms with Gasteiger partial charge in [0.05, 0.1) is 17.2 Å². The predicted molar refractivity (Wildman–Crippen MR) is 75.3 cm³/mol. The van der Waals surface area contributed by atoms with Crippen molar-refractivity contribution in [1.29, 1.82) is 0 Å². The van der Waals surface area contributed by atoms with Crippen LogP contribution in [0.3, 0.4) is 0 Å². The summed E-state index contributed by atoms with van der Waals surface area (Å²) in [6, 6.07) is 3.59. The Balaban J connectivity index is 2.33. The third-order valence-corrected chi connectivity index (χ3v) is 4.16. The number of nitro benzene ring substituents is 1. The normalized spacial score (nSPS) is 11.3. The highest BCUT2D eigenvalue weighted by molar-refractivity contribution is 7.89. The van der Waals surface area contributed by atoms with Crippen LogP contribution in [0.25, 0.3) is 0 Å². The lowest BCUT2D eigenvalue weighted by Gasteiger charge is -2.10. The van der Waals surface area contributed by atoms with E-state index >= 15 is 0 Å². The Bertz CT molecular complexity index is 742. The molecule has 2 rings (SSSR count). The fourth-order valence-corrected chi connectivity index (χ4v) is 2.91. The zero-order valence-corrected chi connectivity index (χ0v) is 11.8. The number of H-pyrrole nitrogens is 1. The van der Waals surface area contributed by atoms with Gasteiger partial charge in [-0.05, 0) is 6.07 Å². The van der Waals surface area contributed by atoms with Gasteiger partial charge < -0.3 is 10.3 Å². The summed E-state index contributed by atoms with van der Waals surface area (Å²) in [7, 11) is -2.38. The van der Waals surface area contributed by atoms with Crippen molar-refractivity contribution in [2.24, 2.45) is 0 Å². The quantitative estimate of drug-likeness (QED) is 0.535. The van der Waals surface area contributed by atoms with E-state index in [9.17, 15) is 18.5 Å². The lowest BCUT2D eigenvalue weighted by molar-refractivity contribution is -0.385. The van der Waals surface area contributed by atoms with E-state index in [-0.39, 0.29) is 22.8 Å². The summed E-state index contributed by atoms with van der Waals surface area (Å²) in [6.45, 7) is -0.0405. The standard InChI is InChI=1S/C11H13N5O4S/c1-12-9-3-2-8(16(17)18)6-10(9)21(19,20)15-7-11-13-4-5-14-11/h2-6,12,15H,7H2,1H3,(H,13,14). The van der Waals surface area contributed by atoms with Gasteiger partial charge in [-0.3, -0.25) is 10.1 Å². The Morgan fingerprint density at radius 1 is 1.43 bits per heavy atom. The van der Waals surface area contributed by atoms with Crippen molar-refractivity contribution in [2.45, 2.75) is 11.4 Å².